The number of rotatable bonds is 4. The molecule has 1 aromatic carbocycles. The zero-order valence-corrected chi connectivity index (χ0v) is 12.4. The van der Waals surface area contributed by atoms with Gasteiger partial charge < -0.3 is 10.3 Å². The van der Waals surface area contributed by atoms with Crippen LogP contribution in [0.2, 0.25) is 0 Å². The van der Waals surface area contributed by atoms with Crippen molar-refractivity contribution in [2.45, 2.75) is 32.4 Å². The number of benzene rings is 1. The first-order valence-electron chi connectivity index (χ1n) is 7.58. The largest absolute Gasteiger partial charge is 0.334 e. The Morgan fingerprint density at radius 3 is 2.86 bits per heavy atom. The van der Waals surface area contributed by atoms with E-state index in [0.29, 0.717) is 17.9 Å². The van der Waals surface area contributed by atoms with Crippen molar-refractivity contribution < 1.29 is 4.52 Å². The van der Waals surface area contributed by atoms with Crippen LogP contribution >= 0.6 is 0 Å². The molecule has 0 bridgehead atoms. The summed E-state index contributed by atoms with van der Waals surface area (Å²) in [6.45, 7) is 4.76. The van der Waals surface area contributed by atoms with Gasteiger partial charge in [-0.25, -0.2) is 0 Å². The number of nitrogens with two attached hydrogens (primary N) is 1. The van der Waals surface area contributed by atoms with Crippen molar-refractivity contribution >= 4 is 0 Å². The standard InChI is InChI=1S/C16H22N4O/c1-12-7-8-13(9-17)10-20(12)11-15-18-16(21-19-15)14-5-3-2-4-6-14/h2-6,12-13H,7-11,17H2,1H3. The third-order valence-corrected chi connectivity index (χ3v) is 4.28. The SMILES string of the molecule is CC1CCC(CN)CN1Cc1noc(-c2ccccc2)n1. The molecule has 0 amide bonds. The smallest absolute Gasteiger partial charge is 0.257 e. The average Bonchev–Trinajstić information content (AvgIpc) is 2.99. The number of likely N-dealkylation sites (tertiary alicyclic amines) is 1. The second-order valence-electron chi connectivity index (χ2n) is 5.84. The second-order valence-corrected chi connectivity index (χ2v) is 5.84. The van der Waals surface area contributed by atoms with Gasteiger partial charge in [-0.1, -0.05) is 23.4 Å². The van der Waals surface area contributed by atoms with Gasteiger partial charge in [-0.05, 0) is 44.4 Å². The normalized spacial score (nSPS) is 23.3. The van der Waals surface area contributed by atoms with E-state index in [4.69, 9.17) is 10.3 Å². The van der Waals surface area contributed by atoms with Crippen molar-refractivity contribution in [1.29, 1.82) is 0 Å². The van der Waals surface area contributed by atoms with Crippen LogP contribution in [0.25, 0.3) is 11.5 Å². The molecule has 5 nitrogen and oxygen atoms in total. The minimum atomic E-state index is 0.548. The van der Waals surface area contributed by atoms with Gasteiger partial charge in [0.15, 0.2) is 5.82 Å². The Hall–Kier alpha value is -1.72. The van der Waals surface area contributed by atoms with Gasteiger partial charge in [0.25, 0.3) is 5.89 Å². The maximum absolute atomic E-state index is 5.81. The van der Waals surface area contributed by atoms with E-state index in [1.807, 2.05) is 30.3 Å². The molecule has 1 fully saturated rings. The van der Waals surface area contributed by atoms with E-state index in [2.05, 4.69) is 22.0 Å². The lowest BCUT2D eigenvalue weighted by Crippen LogP contribution is -2.43. The molecular formula is C16H22N4O. The Bertz CT molecular complexity index is 569. The third-order valence-electron chi connectivity index (χ3n) is 4.28. The summed E-state index contributed by atoms with van der Waals surface area (Å²) in [5.74, 6) is 1.92. The van der Waals surface area contributed by atoms with Gasteiger partial charge in [-0.3, -0.25) is 4.90 Å². The molecule has 2 unspecified atom stereocenters. The molecule has 1 aliphatic rings. The third kappa shape index (κ3) is 3.31. The molecule has 1 aromatic heterocycles. The number of piperidine rings is 1. The van der Waals surface area contributed by atoms with Crippen LogP contribution in [0.15, 0.2) is 34.9 Å². The summed E-state index contributed by atoms with van der Waals surface area (Å²) in [6.07, 6.45) is 2.40. The van der Waals surface area contributed by atoms with E-state index in [0.717, 1.165) is 31.0 Å². The van der Waals surface area contributed by atoms with Crippen molar-refractivity contribution in [3.05, 3.63) is 36.2 Å². The van der Waals surface area contributed by atoms with Crippen LogP contribution in [0, 0.1) is 5.92 Å². The highest BCUT2D eigenvalue weighted by molar-refractivity contribution is 5.51. The summed E-state index contributed by atoms with van der Waals surface area (Å²) in [5, 5.41) is 4.11. The topological polar surface area (TPSA) is 68.2 Å². The van der Waals surface area contributed by atoms with Crippen molar-refractivity contribution in [2.24, 2.45) is 11.7 Å². The molecule has 1 saturated heterocycles. The zero-order chi connectivity index (χ0) is 14.7. The highest BCUT2D eigenvalue weighted by Gasteiger charge is 2.25. The van der Waals surface area contributed by atoms with Crippen LogP contribution < -0.4 is 5.73 Å². The maximum Gasteiger partial charge on any atom is 0.257 e. The number of hydrogen-bond acceptors (Lipinski definition) is 5. The van der Waals surface area contributed by atoms with Gasteiger partial charge in [-0.2, -0.15) is 4.98 Å². The van der Waals surface area contributed by atoms with Crippen molar-refractivity contribution in [1.82, 2.24) is 15.0 Å². The minimum Gasteiger partial charge on any atom is -0.334 e. The number of hydrogen-bond donors (Lipinski definition) is 1. The molecule has 0 saturated carbocycles. The molecule has 112 valence electrons. The van der Waals surface area contributed by atoms with E-state index in [9.17, 15) is 0 Å². The zero-order valence-electron chi connectivity index (χ0n) is 12.4. The first kappa shape index (κ1) is 14.2. The minimum absolute atomic E-state index is 0.548. The van der Waals surface area contributed by atoms with Crippen molar-refractivity contribution in [3.63, 3.8) is 0 Å². The fourth-order valence-corrected chi connectivity index (χ4v) is 2.87. The van der Waals surface area contributed by atoms with Gasteiger partial charge in [-0.15, -0.1) is 0 Å². The summed E-state index contributed by atoms with van der Waals surface area (Å²) in [5.41, 5.74) is 6.77. The molecule has 2 N–H and O–H groups in total. The Morgan fingerprint density at radius 1 is 1.29 bits per heavy atom. The summed E-state index contributed by atoms with van der Waals surface area (Å²) in [6, 6.07) is 10.4. The molecule has 0 radical (unpaired) electrons. The molecule has 0 aliphatic carbocycles. The molecular weight excluding hydrogens is 264 g/mol. The van der Waals surface area contributed by atoms with Gasteiger partial charge in [0.05, 0.1) is 6.54 Å². The number of aromatic nitrogens is 2. The summed E-state index contributed by atoms with van der Waals surface area (Å²) in [7, 11) is 0. The number of nitrogens with zero attached hydrogens (tertiary/aromatic N) is 3. The Balaban J connectivity index is 1.69. The van der Waals surface area contributed by atoms with E-state index < -0.39 is 0 Å². The predicted octanol–water partition coefficient (Wildman–Crippen LogP) is 2.30. The molecule has 0 spiro atoms. The summed E-state index contributed by atoms with van der Waals surface area (Å²) < 4.78 is 5.37. The lowest BCUT2D eigenvalue weighted by atomic mass is 9.93. The van der Waals surface area contributed by atoms with Gasteiger partial charge >= 0.3 is 0 Å². The maximum atomic E-state index is 5.81. The van der Waals surface area contributed by atoms with Crippen LogP contribution in [0.5, 0.6) is 0 Å². The van der Waals surface area contributed by atoms with Crippen molar-refractivity contribution in [3.8, 4) is 11.5 Å². The Labute approximate surface area is 125 Å². The Morgan fingerprint density at radius 2 is 2.10 bits per heavy atom. The highest BCUT2D eigenvalue weighted by atomic mass is 16.5. The van der Waals surface area contributed by atoms with Gasteiger partial charge in [0.1, 0.15) is 0 Å². The first-order chi connectivity index (χ1) is 10.3. The lowest BCUT2D eigenvalue weighted by molar-refractivity contribution is 0.109. The van der Waals surface area contributed by atoms with Crippen LogP contribution in [0.1, 0.15) is 25.6 Å². The Kier molecular flexibility index (Phi) is 4.31. The molecule has 3 rings (SSSR count). The van der Waals surface area contributed by atoms with E-state index in [1.54, 1.807) is 0 Å². The quantitative estimate of drug-likeness (QED) is 0.934. The molecule has 1 aliphatic heterocycles. The average molecular weight is 286 g/mol. The second kappa shape index (κ2) is 6.37. The molecule has 2 atom stereocenters. The van der Waals surface area contributed by atoms with Crippen LogP contribution in [0.4, 0.5) is 0 Å². The van der Waals surface area contributed by atoms with Crippen LogP contribution in [-0.2, 0) is 6.54 Å². The van der Waals surface area contributed by atoms with Gasteiger partial charge in [0.2, 0.25) is 0 Å². The predicted molar refractivity (Wildman–Crippen MR) is 81.4 cm³/mol. The fourth-order valence-electron chi connectivity index (χ4n) is 2.87. The van der Waals surface area contributed by atoms with Crippen molar-refractivity contribution in [2.75, 3.05) is 13.1 Å². The highest BCUT2D eigenvalue weighted by Crippen LogP contribution is 2.23. The van der Waals surface area contributed by atoms with E-state index in [-0.39, 0.29) is 0 Å². The molecule has 2 aromatic rings. The monoisotopic (exact) mass is 286 g/mol. The summed E-state index contributed by atoms with van der Waals surface area (Å²) in [4.78, 5) is 6.91. The van der Waals surface area contributed by atoms with Gasteiger partial charge in [0, 0.05) is 18.2 Å². The molecule has 5 heteroatoms. The van der Waals surface area contributed by atoms with E-state index >= 15 is 0 Å². The van der Waals surface area contributed by atoms with Crippen LogP contribution in [-0.4, -0.2) is 34.2 Å². The fraction of sp³-hybridized carbons (Fsp3) is 0.500. The van der Waals surface area contributed by atoms with E-state index in [1.165, 1.54) is 12.8 Å². The molecule has 2 heterocycles. The first-order valence-corrected chi connectivity index (χ1v) is 7.58. The lowest BCUT2D eigenvalue weighted by Gasteiger charge is -2.36. The molecule has 21 heavy (non-hydrogen) atoms. The van der Waals surface area contributed by atoms with Crippen LogP contribution in [0.3, 0.4) is 0 Å². The summed E-state index contributed by atoms with van der Waals surface area (Å²) >= 11 is 0.